The van der Waals surface area contributed by atoms with Gasteiger partial charge in [-0.15, -0.1) is 10.2 Å². The monoisotopic (exact) mass is 220 g/mol. The molecule has 0 saturated carbocycles. The average molecular weight is 220 g/mol. The minimum atomic E-state index is -0.844. The molecule has 6 nitrogen and oxygen atoms in total. The standard InChI is InChI=1S/C10H12N4O2/c1-2-7-3-4-8-11-12-9(14(8)13-7)5-6-10(15)16/h3-4H,2,5-6H2,1H3,(H,15,16). The highest BCUT2D eigenvalue weighted by Crippen LogP contribution is 2.05. The molecule has 2 aromatic heterocycles. The Labute approximate surface area is 91.9 Å². The Morgan fingerprint density at radius 1 is 1.44 bits per heavy atom. The molecule has 84 valence electrons. The molecule has 0 saturated heterocycles. The number of carboxylic acids is 1. The largest absolute Gasteiger partial charge is 0.481 e. The Hall–Kier alpha value is -1.98. The maximum absolute atomic E-state index is 10.5. The summed E-state index contributed by atoms with van der Waals surface area (Å²) < 4.78 is 1.61. The molecule has 0 aromatic carbocycles. The van der Waals surface area contributed by atoms with E-state index in [1.165, 1.54) is 0 Å². The first-order valence-electron chi connectivity index (χ1n) is 5.12. The summed E-state index contributed by atoms with van der Waals surface area (Å²) in [6.07, 6.45) is 1.21. The van der Waals surface area contributed by atoms with Crippen LogP contribution in [0.3, 0.4) is 0 Å². The van der Waals surface area contributed by atoms with Crippen LogP contribution in [0.4, 0.5) is 0 Å². The van der Waals surface area contributed by atoms with E-state index in [0.717, 1.165) is 12.1 Å². The SMILES string of the molecule is CCc1ccc2nnc(CCC(=O)O)n2n1. The van der Waals surface area contributed by atoms with E-state index in [-0.39, 0.29) is 6.42 Å². The summed E-state index contributed by atoms with van der Waals surface area (Å²) in [4.78, 5) is 10.5. The molecular weight excluding hydrogens is 208 g/mol. The van der Waals surface area contributed by atoms with Crippen molar-refractivity contribution < 1.29 is 9.90 Å². The number of aryl methyl sites for hydroxylation is 2. The fraction of sp³-hybridized carbons (Fsp3) is 0.400. The van der Waals surface area contributed by atoms with E-state index in [2.05, 4.69) is 15.3 Å². The minimum absolute atomic E-state index is 0.0405. The minimum Gasteiger partial charge on any atom is -0.481 e. The second kappa shape index (κ2) is 4.26. The van der Waals surface area contributed by atoms with Crippen LogP contribution in [0.2, 0.25) is 0 Å². The van der Waals surface area contributed by atoms with Gasteiger partial charge in [-0.1, -0.05) is 6.92 Å². The highest BCUT2D eigenvalue weighted by atomic mass is 16.4. The molecule has 16 heavy (non-hydrogen) atoms. The van der Waals surface area contributed by atoms with Crippen molar-refractivity contribution in [1.29, 1.82) is 0 Å². The Bertz CT molecular complexity index is 521. The molecule has 2 aromatic rings. The maximum atomic E-state index is 10.5. The Balaban J connectivity index is 2.34. The van der Waals surface area contributed by atoms with Crippen molar-refractivity contribution in [1.82, 2.24) is 19.8 Å². The lowest BCUT2D eigenvalue weighted by atomic mass is 10.3. The molecule has 0 bridgehead atoms. The summed E-state index contributed by atoms with van der Waals surface area (Å²) in [5.74, 6) is -0.254. The van der Waals surface area contributed by atoms with Crippen molar-refractivity contribution in [2.24, 2.45) is 0 Å². The molecule has 0 radical (unpaired) electrons. The van der Waals surface area contributed by atoms with Crippen LogP contribution in [0.15, 0.2) is 12.1 Å². The van der Waals surface area contributed by atoms with Crippen molar-refractivity contribution in [2.45, 2.75) is 26.2 Å². The van der Waals surface area contributed by atoms with Gasteiger partial charge in [0.1, 0.15) is 0 Å². The van der Waals surface area contributed by atoms with Crippen LogP contribution in [-0.4, -0.2) is 30.9 Å². The summed E-state index contributed by atoms with van der Waals surface area (Å²) >= 11 is 0. The molecule has 0 atom stereocenters. The highest BCUT2D eigenvalue weighted by molar-refractivity contribution is 5.66. The Kier molecular flexibility index (Phi) is 2.80. The van der Waals surface area contributed by atoms with E-state index < -0.39 is 5.97 Å². The number of aliphatic carboxylic acids is 1. The van der Waals surface area contributed by atoms with Crippen LogP contribution < -0.4 is 0 Å². The van der Waals surface area contributed by atoms with Gasteiger partial charge in [0, 0.05) is 6.42 Å². The van der Waals surface area contributed by atoms with Gasteiger partial charge in [-0.05, 0) is 18.6 Å². The van der Waals surface area contributed by atoms with Gasteiger partial charge in [0.15, 0.2) is 11.5 Å². The molecule has 0 unspecified atom stereocenters. The van der Waals surface area contributed by atoms with Crippen LogP contribution >= 0.6 is 0 Å². The zero-order valence-electron chi connectivity index (χ0n) is 8.92. The number of nitrogens with zero attached hydrogens (tertiary/aromatic N) is 4. The van der Waals surface area contributed by atoms with E-state index in [1.54, 1.807) is 4.52 Å². The predicted molar refractivity (Wildman–Crippen MR) is 56.1 cm³/mol. The third-order valence-corrected chi connectivity index (χ3v) is 2.31. The van der Waals surface area contributed by atoms with E-state index in [0.29, 0.717) is 17.9 Å². The molecule has 1 N–H and O–H groups in total. The summed E-state index contributed by atoms with van der Waals surface area (Å²) in [7, 11) is 0. The first-order chi connectivity index (χ1) is 7.70. The lowest BCUT2D eigenvalue weighted by molar-refractivity contribution is -0.137. The van der Waals surface area contributed by atoms with Crippen LogP contribution in [0, 0.1) is 0 Å². The number of aromatic nitrogens is 4. The third kappa shape index (κ3) is 2.00. The smallest absolute Gasteiger partial charge is 0.303 e. The number of hydrogen-bond acceptors (Lipinski definition) is 4. The summed E-state index contributed by atoms with van der Waals surface area (Å²) in [5.41, 5.74) is 1.58. The number of carbonyl (C=O) groups is 1. The summed E-state index contributed by atoms with van der Waals surface area (Å²) in [6, 6.07) is 3.73. The van der Waals surface area contributed by atoms with Gasteiger partial charge in [-0.2, -0.15) is 9.61 Å². The highest BCUT2D eigenvalue weighted by Gasteiger charge is 2.08. The van der Waals surface area contributed by atoms with Gasteiger partial charge < -0.3 is 5.11 Å². The number of hydrogen-bond donors (Lipinski definition) is 1. The quantitative estimate of drug-likeness (QED) is 0.820. The Morgan fingerprint density at radius 3 is 2.94 bits per heavy atom. The van der Waals surface area contributed by atoms with Crippen LogP contribution in [0.1, 0.15) is 24.9 Å². The molecule has 0 aliphatic heterocycles. The second-order valence-corrected chi connectivity index (χ2v) is 3.46. The lowest BCUT2D eigenvalue weighted by Crippen LogP contribution is -2.04. The molecule has 6 heteroatoms. The van der Waals surface area contributed by atoms with Crippen molar-refractivity contribution in [3.8, 4) is 0 Å². The van der Waals surface area contributed by atoms with Gasteiger partial charge in [-0.3, -0.25) is 4.79 Å². The van der Waals surface area contributed by atoms with Crippen molar-refractivity contribution in [3.63, 3.8) is 0 Å². The van der Waals surface area contributed by atoms with E-state index in [1.807, 2.05) is 19.1 Å². The van der Waals surface area contributed by atoms with Crippen molar-refractivity contribution >= 4 is 11.6 Å². The summed E-state index contributed by atoms with van der Waals surface area (Å²) in [6.45, 7) is 2.01. The predicted octanol–water partition coefficient (Wildman–Crippen LogP) is 0.704. The first-order valence-corrected chi connectivity index (χ1v) is 5.12. The fourth-order valence-electron chi connectivity index (χ4n) is 1.43. The average Bonchev–Trinajstić information content (AvgIpc) is 2.68. The molecule has 2 heterocycles. The topological polar surface area (TPSA) is 80.4 Å². The van der Waals surface area contributed by atoms with E-state index in [9.17, 15) is 4.79 Å². The Morgan fingerprint density at radius 2 is 2.25 bits per heavy atom. The number of carboxylic acid groups (broad SMARTS) is 1. The van der Waals surface area contributed by atoms with Gasteiger partial charge in [0.25, 0.3) is 0 Å². The zero-order valence-corrected chi connectivity index (χ0v) is 8.92. The van der Waals surface area contributed by atoms with Crippen LogP contribution in [0.5, 0.6) is 0 Å². The van der Waals surface area contributed by atoms with Crippen LogP contribution in [0.25, 0.3) is 5.65 Å². The molecule has 0 aliphatic rings. The second-order valence-electron chi connectivity index (χ2n) is 3.46. The van der Waals surface area contributed by atoms with Gasteiger partial charge in [0.05, 0.1) is 12.1 Å². The van der Waals surface area contributed by atoms with E-state index >= 15 is 0 Å². The molecular formula is C10H12N4O2. The maximum Gasteiger partial charge on any atom is 0.303 e. The van der Waals surface area contributed by atoms with E-state index in [4.69, 9.17) is 5.11 Å². The third-order valence-electron chi connectivity index (χ3n) is 2.31. The molecule has 0 spiro atoms. The zero-order chi connectivity index (χ0) is 11.5. The summed E-state index contributed by atoms with van der Waals surface area (Å²) in [5, 5.41) is 20.8. The van der Waals surface area contributed by atoms with Gasteiger partial charge >= 0.3 is 5.97 Å². The molecule has 2 rings (SSSR count). The van der Waals surface area contributed by atoms with Crippen LogP contribution in [-0.2, 0) is 17.6 Å². The first kappa shape index (κ1) is 10.5. The molecule has 0 amide bonds. The van der Waals surface area contributed by atoms with Gasteiger partial charge in [0.2, 0.25) is 0 Å². The molecule has 0 fully saturated rings. The number of rotatable bonds is 4. The van der Waals surface area contributed by atoms with Gasteiger partial charge in [-0.25, -0.2) is 0 Å². The number of fused-ring (bicyclic) bond motifs is 1. The molecule has 0 aliphatic carbocycles. The normalized spacial score (nSPS) is 10.8. The van der Waals surface area contributed by atoms with Crippen molar-refractivity contribution in [2.75, 3.05) is 0 Å². The lowest BCUT2D eigenvalue weighted by Gasteiger charge is -1.99. The fourth-order valence-corrected chi connectivity index (χ4v) is 1.43. The van der Waals surface area contributed by atoms with Crippen molar-refractivity contribution in [3.05, 3.63) is 23.7 Å².